The van der Waals surface area contributed by atoms with Crippen molar-refractivity contribution in [1.29, 1.82) is 0 Å². The number of carbonyl (C=O) groups excluding carboxylic acids is 11. The highest BCUT2D eigenvalue weighted by molar-refractivity contribution is 7.79. The van der Waals surface area contributed by atoms with Crippen molar-refractivity contribution in [2.75, 3.05) is 25.9 Å². The SMILES string of the molecule is CCC[C@H](NC(=O)[C@H](CC(N)=O)NC(=O)[C@H](CCC(N)=O)NC(=O)[C@@H](NC(=O)[C@@H](Cc1ccc(O)cc1)NC(=O)CCS(=O)O)[C@@H](C)CC)C(=O)N(C)CC(=O)N[C@H](C(=O)NCC(N)=O)C1CCCCC1. The molecule has 26 heteroatoms. The van der Waals surface area contributed by atoms with Gasteiger partial charge in [-0.1, -0.05) is 65.0 Å². The third kappa shape index (κ3) is 22.3. The van der Waals surface area contributed by atoms with Gasteiger partial charge in [-0.05, 0) is 55.2 Å². The number of phenolic OH excluding ortho intramolecular Hbond substituents is 1. The van der Waals surface area contributed by atoms with E-state index in [9.17, 15) is 66.6 Å². The fraction of sp³-hybridized carbons (Fsp3) is 0.622. The molecule has 0 saturated heterocycles. The van der Waals surface area contributed by atoms with Gasteiger partial charge in [0, 0.05) is 26.3 Å². The third-order valence-corrected chi connectivity index (χ3v) is 12.3. The number of hydrogen-bond acceptors (Lipinski definition) is 13. The van der Waals surface area contributed by atoms with E-state index in [1.54, 1.807) is 20.8 Å². The van der Waals surface area contributed by atoms with Gasteiger partial charge in [-0.2, -0.15) is 0 Å². The summed E-state index contributed by atoms with van der Waals surface area (Å²) >= 11 is -2.31. The molecule has 71 heavy (non-hydrogen) atoms. The average Bonchev–Trinajstić information content (AvgIpc) is 3.31. The quantitative estimate of drug-likeness (QED) is 0.0332. The van der Waals surface area contributed by atoms with E-state index in [4.69, 9.17) is 17.2 Å². The summed E-state index contributed by atoms with van der Waals surface area (Å²) in [6.07, 6.45) is 2.29. The van der Waals surface area contributed by atoms with Crippen LogP contribution in [0.1, 0.15) is 103 Å². The fourth-order valence-electron chi connectivity index (χ4n) is 7.72. The fourth-order valence-corrected chi connectivity index (χ4v) is 8.08. The van der Waals surface area contributed by atoms with Gasteiger partial charge >= 0.3 is 0 Å². The van der Waals surface area contributed by atoms with Gasteiger partial charge in [0.25, 0.3) is 0 Å². The van der Waals surface area contributed by atoms with Crippen LogP contribution in [0.5, 0.6) is 5.75 Å². The summed E-state index contributed by atoms with van der Waals surface area (Å²) < 4.78 is 20.4. The molecule has 1 saturated carbocycles. The lowest BCUT2D eigenvalue weighted by Crippen LogP contribution is -2.60. The Balaban J connectivity index is 2.32. The topological polar surface area (TPSA) is 411 Å². The van der Waals surface area contributed by atoms with Gasteiger partial charge < -0.3 is 69.0 Å². The zero-order chi connectivity index (χ0) is 53.4. The van der Waals surface area contributed by atoms with E-state index < -0.39 is 163 Å². The Labute approximate surface area is 414 Å². The number of nitrogens with two attached hydrogens (primary N) is 3. The zero-order valence-electron chi connectivity index (χ0n) is 40.6. The van der Waals surface area contributed by atoms with Crippen molar-refractivity contribution in [1.82, 2.24) is 42.1 Å². The molecule has 11 amide bonds. The second-order valence-electron chi connectivity index (χ2n) is 17.6. The second kappa shape index (κ2) is 30.8. The van der Waals surface area contributed by atoms with E-state index >= 15 is 0 Å². The Kier molecular flexibility index (Phi) is 26.2. The van der Waals surface area contributed by atoms with E-state index in [1.807, 2.05) is 0 Å². The minimum absolute atomic E-state index is 0.0249. The molecule has 1 aliphatic rings. The molecule has 1 fully saturated rings. The van der Waals surface area contributed by atoms with Crippen molar-refractivity contribution in [3.63, 3.8) is 0 Å². The molecule has 1 aliphatic carbocycles. The average molecular weight is 1020 g/mol. The van der Waals surface area contributed by atoms with E-state index in [0.717, 1.165) is 24.2 Å². The summed E-state index contributed by atoms with van der Waals surface area (Å²) in [7, 11) is 1.29. The summed E-state index contributed by atoms with van der Waals surface area (Å²) in [4.78, 5) is 145. The number of carbonyl (C=O) groups is 11. The molecule has 1 aromatic rings. The minimum atomic E-state index is -2.31. The highest BCUT2D eigenvalue weighted by Crippen LogP contribution is 2.27. The number of phenols is 1. The monoisotopic (exact) mass is 1020 g/mol. The lowest BCUT2D eigenvalue weighted by molar-refractivity contribution is -0.140. The van der Waals surface area contributed by atoms with E-state index in [-0.39, 0.29) is 24.5 Å². The predicted octanol–water partition coefficient (Wildman–Crippen LogP) is -2.92. The van der Waals surface area contributed by atoms with Crippen LogP contribution in [0.25, 0.3) is 0 Å². The molecular formula is C45H71N11O14S. The number of benzene rings is 1. The first-order valence-electron chi connectivity index (χ1n) is 23.5. The van der Waals surface area contributed by atoms with Crippen molar-refractivity contribution < 1.29 is 66.6 Å². The van der Waals surface area contributed by atoms with Crippen LogP contribution < -0.4 is 54.4 Å². The maximum Gasteiger partial charge on any atom is 0.245 e. The van der Waals surface area contributed by atoms with Crippen LogP contribution >= 0.6 is 0 Å². The van der Waals surface area contributed by atoms with Gasteiger partial charge in [0.1, 0.15) is 42.0 Å². The van der Waals surface area contributed by atoms with Crippen molar-refractivity contribution >= 4 is 76.1 Å². The van der Waals surface area contributed by atoms with Crippen LogP contribution in [0.4, 0.5) is 0 Å². The van der Waals surface area contributed by atoms with Gasteiger partial charge in [0.15, 0.2) is 11.1 Å². The third-order valence-electron chi connectivity index (χ3n) is 11.8. The molecule has 0 bridgehead atoms. The maximum atomic E-state index is 14.1. The largest absolute Gasteiger partial charge is 0.508 e. The molecule has 15 N–H and O–H groups in total. The second-order valence-corrected chi connectivity index (χ2v) is 18.7. The zero-order valence-corrected chi connectivity index (χ0v) is 41.4. The summed E-state index contributed by atoms with van der Waals surface area (Å²) in [5, 5.41) is 27.3. The molecule has 0 radical (unpaired) electrons. The predicted molar refractivity (Wildman–Crippen MR) is 257 cm³/mol. The Morgan fingerprint density at radius 3 is 1.85 bits per heavy atom. The van der Waals surface area contributed by atoms with Crippen LogP contribution in [-0.2, 0) is 70.2 Å². The smallest absolute Gasteiger partial charge is 0.245 e. The number of likely N-dealkylation sites (N-methyl/N-ethyl adjacent to an activating group) is 1. The molecule has 1 unspecified atom stereocenters. The van der Waals surface area contributed by atoms with Crippen molar-refractivity contribution in [3.8, 4) is 5.75 Å². The molecule has 25 nitrogen and oxygen atoms in total. The lowest BCUT2D eigenvalue weighted by atomic mass is 9.83. The standard InChI is InChI=1S/C45H71N11O14S/c1-5-10-30(45(68)56(4)24-37(62)54-39(27-11-8-7-9-12-27)43(66)49-23-35(48)60)52-41(64)32(22-34(47)59)53-40(63)29(17-18-33(46)58)51-44(67)38(25(3)6-2)55-42(65)31(50-36(61)19-20-71(69)70)21-26-13-15-28(57)16-14-26/h13-16,25,27,29-32,38-39,57H,5-12,17-24H2,1-4H3,(H2,46,58)(H2,47,59)(H2,48,60)(H,49,66)(H,50,61)(H,51,67)(H,52,64)(H,53,63)(H,54,62)(H,55,65)(H,69,70)/t25-,29-,30-,31+,32-,38-,39-/m0/s1. The van der Waals surface area contributed by atoms with Crippen molar-refractivity contribution in [3.05, 3.63) is 29.8 Å². The molecule has 2 rings (SSSR count). The van der Waals surface area contributed by atoms with Gasteiger partial charge in [-0.3, -0.25) is 52.7 Å². The first kappa shape index (κ1) is 60.4. The molecule has 8 atom stereocenters. The number of amides is 11. The first-order chi connectivity index (χ1) is 33.4. The van der Waals surface area contributed by atoms with E-state index in [2.05, 4.69) is 37.2 Å². The number of primary amides is 3. The molecule has 0 aliphatic heterocycles. The number of nitrogens with one attached hydrogen (secondary N) is 7. The van der Waals surface area contributed by atoms with E-state index in [1.165, 1.54) is 31.3 Å². The first-order valence-corrected chi connectivity index (χ1v) is 24.8. The Hall–Kier alpha value is -6.70. The summed E-state index contributed by atoms with van der Waals surface area (Å²) in [5.74, 6) is -10.8. The molecule has 0 spiro atoms. The van der Waals surface area contributed by atoms with Crippen LogP contribution in [0.3, 0.4) is 0 Å². The lowest BCUT2D eigenvalue weighted by Gasteiger charge is -2.31. The molecule has 0 heterocycles. The Morgan fingerprint density at radius 2 is 1.28 bits per heavy atom. The van der Waals surface area contributed by atoms with Gasteiger partial charge in [0.05, 0.1) is 25.3 Å². The Bertz CT molecular complexity index is 2070. The summed E-state index contributed by atoms with van der Waals surface area (Å²) in [6, 6.07) is -2.72. The van der Waals surface area contributed by atoms with Crippen LogP contribution in [0.2, 0.25) is 0 Å². The van der Waals surface area contributed by atoms with Crippen LogP contribution in [-0.4, -0.2) is 146 Å². The van der Waals surface area contributed by atoms with Gasteiger partial charge in [-0.15, -0.1) is 0 Å². The molecule has 396 valence electrons. The van der Waals surface area contributed by atoms with Crippen LogP contribution in [0, 0.1) is 11.8 Å². The molecule has 0 aromatic heterocycles. The van der Waals surface area contributed by atoms with E-state index in [0.29, 0.717) is 31.2 Å². The van der Waals surface area contributed by atoms with Gasteiger partial charge in [0.2, 0.25) is 65.0 Å². The number of hydrogen-bond donors (Lipinski definition) is 12. The van der Waals surface area contributed by atoms with Gasteiger partial charge in [-0.25, -0.2) is 4.21 Å². The minimum Gasteiger partial charge on any atom is -0.508 e. The molecule has 1 aromatic carbocycles. The van der Waals surface area contributed by atoms with Crippen molar-refractivity contribution in [2.45, 2.75) is 140 Å². The number of aromatic hydroxyl groups is 1. The number of nitrogens with zero attached hydrogens (tertiary/aromatic N) is 1. The normalized spacial score (nSPS) is 15.8. The van der Waals surface area contributed by atoms with Crippen LogP contribution in [0.15, 0.2) is 24.3 Å². The summed E-state index contributed by atoms with van der Waals surface area (Å²) in [5.41, 5.74) is 16.5. The van der Waals surface area contributed by atoms with Crippen molar-refractivity contribution in [2.24, 2.45) is 29.0 Å². The highest BCUT2D eigenvalue weighted by Gasteiger charge is 2.36. The molecular weight excluding hydrogens is 951 g/mol. The highest BCUT2D eigenvalue weighted by atomic mass is 32.2. The maximum absolute atomic E-state index is 14.1. The summed E-state index contributed by atoms with van der Waals surface area (Å²) in [6.45, 7) is 4.03. The number of rotatable bonds is 31. The Morgan fingerprint density at radius 1 is 0.690 bits per heavy atom.